The number of hydrogen-bond acceptors (Lipinski definition) is 6. The molecule has 1 aliphatic heterocycles. The van der Waals surface area contributed by atoms with Crippen molar-refractivity contribution in [1.29, 1.82) is 0 Å². The Morgan fingerprint density at radius 1 is 1.12 bits per heavy atom. The summed E-state index contributed by atoms with van der Waals surface area (Å²) in [6.07, 6.45) is 1.06. The SMILES string of the molecule is CNC1CCN(c2cnc3c(C)nnc(N[C@H](C)c4cccc(C(F)F)c4F)c3c2)CC1. The zero-order chi connectivity index (χ0) is 22.8. The molecule has 1 saturated heterocycles. The predicted octanol–water partition coefficient (Wildman–Crippen LogP) is 4.77. The number of pyridine rings is 1. The molecule has 1 aliphatic rings. The van der Waals surface area contributed by atoms with Crippen LogP contribution >= 0.6 is 0 Å². The van der Waals surface area contributed by atoms with E-state index in [9.17, 15) is 13.2 Å². The lowest BCUT2D eigenvalue weighted by Gasteiger charge is -2.33. The van der Waals surface area contributed by atoms with E-state index in [0.29, 0.717) is 23.1 Å². The van der Waals surface area contributed by atoms with Gasteiger partial charge in [-0.2, -0.15) is 5.10 Å². The van der Waals surface area contributed by atoms with Crippen molar-refractivity contribution < 1.29 is 13.2 Å². The van der Waals surface area contributed by atoms with Crippen LogP contribution in [0.2, 0.25) is 0 Å². The number of fused-ring (bicyclic) bond motifs is 1. The Hall–Kier alpha value is -2.94. The van der Waals surface area contributed by atoms with Crippen molar-refractivity contribution in [3.8, 4) is 0 Å². The van der Waals surface area contributed by atoms with Gasteiger partial charge in [-0.15, -0.1) is 5.10 Å². The third-order valence-electron chi connectivity index (χ3n) is 6.15. The maximum Gasteiger partial charge on any atom is 0.266 e. The van der Waals surface area contributed by atoms with Gasteiger partial charge < -0.3 is 15.5 Å². The van der Waals surface area contributed by atoms with Crippen molar-refractivity contribution in [3.05, 3.63) is 53.1 Å². The van der Waals surface area contributed by atoms with Gasteiger partial charge in [0.05, 0.1) is 34.7 Å². The third-order valence-corrected chi connectivity index (χ3v) is 6.15. The largest absolute Gasteiger partial charge is 0.370 e. The molecule has 0 saturated carbocycles. The molecule has 0 bridgehead atoms. The molecule has 1 aromatic carbocycles. The molecular weight excluding hydrogens is 417 g/mol. The fourth-order valence-corrected chi connectivity index (χ4v) is 4.21. The summed E-state index contributed by atoms with van der Waals surface area (Å²) in [7, 11) is 1.98. The summed E-state index contributed by atoms with van der Waals surface area (Å²) in [6.45, 7) is 5.38. The first-order valence-electron chi connectivity index (χ1n) is 10.8. The van der Waals surface area contributed by atoms with Crippen LogP contribution in [0.5, 0.6) is 0 Å². The van der Waals surface area contributed by atoms with Gasteiger partial charge in [0, 0.05) is 30.1 Å². The number of halogens is 3. The Morgan fingerprint density at radius 2 is 1.84 bits per heavy atom. The topological polar surface area (TPSA) is 66.0 Å². The van der Waals surface area contributed by atoms with Crippen LogP contribution in [0.4, 0.5) is 24.7 Å². The van der Waals surface area contributed by atoms with E-state index in [1.165, 1.54) is 12.1 Å². The fraction of sp³-hybridized carbons (Fsp3) is 0.435. The molecule has 9 heteroatoms. The minimum Gasteiger partial charge on any atom is -0.370 e. The van der Waals surface area contributed by atoms with E-state index in [0.717, 1.165) is 43.1 Å². The lowest BCUT2D eigenvalue weighted by Crippen LogP contribution is -2.41. The van der Waals surface area contributed by atoms with Crippen molar-refractivity contribution >= 4 is 22.4 Å². The number of aryl methyl sites for hydroxylation is 1. The number of hydrogen-bond donors (Lipinski definition) is 2. The molecule has 1 fully saturated rings. The summed E-state index contributed by atoms with van der Waals surface area (Å²) in [5, 5.41) is 15.7. The minimum atomic E-state index is -2.87. The molecule has 32 heavy (non-hydrogen) atoms. The molecule has 0 unspecified atom stereocenters. The molecule has 1 atom stereocenters. The van der Waals surface area contributed by atoms with Crippen LogP contribution in [0.1, 0.15) is 49.1 Å². The summed E-state index contributed by atoms with van der Waals surface area (Å²) in [5.74, 6) is -0.461. The van der Waals surface area contributed by atoms with Crippen LogP contribution < -0.4 is 15.5 Å². The number of aromatic nitrogens is 3. The molecule has 2 aromatic heterocycles. The van der Waals surface area contributed by atoms with Crippen molar-refractivity contribution in [2.45, 2.75) is 45.2 Å². The lowest BCUT2D eigenvalue weighted by molar-refractivity contribution is 0.146. The van der Waals surface area contributed by atoms with Gasteiger partial charge in [-0.3, -0.25) is 4.98 Å². The van der Waals surface area contributed by atoms with Gasteiger partial charge >= 0.3 is 0 Å². The van der Waals surface area contributed by atoms with Crippen LogP contribution in [0.3, 0.4) is 0 Å². The van der Waals surface area contributed by atoms with Crippen LogP contribution in [0.25, 0.3) is 10.9 Å². The molecule has 0 spiro atoms. The fourth-order valence-electron chi connectivity index (χ4n) is 4.21. The monoisotopic (exact) mass is 444 g/mol. The first kappa shape index (κ1) is 22.3. The van der Waals surface area contributed by atoms with Crippen molar-refractivity contribution in [2.75, 3.05) is 30.4 Å². The van der Waals surface area contributed by atoms with Gasteiger partial charge in [-0.1, -0.05) is 18.2 Å². The average molecular weight is 445 g/mol. The van der Waals surface area contributed by atoms with E-state index in [4.69, 9.17) is 0 Å². The summed E-state index contributed by atoms with van der Waals surface area (Å²) in [6, 6.07) is 5.98. The molecule has 4 rings (SSSR count). The second kappa shape index (κ2) is 9.28. The zero-order valence-electron chi connectivity index (χ0n) is 18.4. The van der Waals surface area contributed by atoms with Gasteiger partial charge in [-0.25, -0.2) is 13.2 Å². The Bertz CT molecular complexity index is 1100. The van der Waals surface area contributed by atoms with Crippen LogP contribution in [0.15, 0.2) is 30.5 Å². The summed E-state index contributed by atoms with van der Waals surface area (Å²) >= 11 is 0. The number of anilines is 2. The Balaban J connectivity index is 1.65. The second-order valence-corrected chi connectivity index (χ2v) is 8.19. The maximum absolute atomic E-state index is 14.6. The van der Waals surface area contributed by atoms with E-state index in [-0.39, 0.29) is 5.56 Å². The van der Waals surface area contributed by atoms with Gasteiger partial charge in [0.1, 0.15) is 5.82 Å². The molecule has 0 aliphatic carbocycles. The number of benzene rings is 1. The molecule has 0 radical (unpaired) electrons. The molecule has 0 amide bonds. The Labute approximate surface area is 185 Å². The lowest BCUT2D eigenvalue weighted by atomic mass is 10.0. The number of alkyl halides is 2. The van der Waals surface area contributed by atoms with E-state index in [1.807, 2.05) is 26.2 Å². The quantitative estimate of drug-likeness (QED) is 0.571. The second-order valence-electron chi connectivity index (χ2n) is 8.19. The smallest absolute Gasteiger partial charge is 0.266 e. The highest BCUT2D eigenvalue weighted by Gasteiger charge is 2.22. The molecular formula is C23H27F3N6. The normalized spacial score (nSPS) is 16.0. The summed E-state index contributed by atoms with van der Waals surface area (Å²) in [4.78, 5) is 6.90. The number of nitrogens with zero attached hydrogens (tertiary/aromatic N) is 4. The Morgan fingerprint density at radius 3 is 2.53 bits per heavy atom. The first-order valence-corrected chi connectivity index (χ1v) is 10.8. The molecule has 2 N–H and O–H groups in total. The predicted molar refractivity (Wildman–Crippen MR) is 120 cm³/mol. The zero-order valence-corrected chi connectivity index (χ0v) is 18.4. The van der Waals surface area contributed by atoms with Gasteiger partial charge in [0.15, 0.2) is 5.82 Å². The van der Waals surface area contributed by atoms with E-state index >= 15 is 0 Å². The third kappa shape index (κ3) is 4.34. The highest BCUT2D eigenvalue weighted by molar-refractivity contribution is 5.92. The van der Waals surface area contributed by atoms with Gasteiger partial charge in [0.2, 0.25) is 0 Å². The maximum atomic E-state index is 14.6. The minimum absolute atomic E-state index is 0.150. The molecule has 3 heterocycles. The van der Waals surface area contributed by atoms with Gasteiger partial charge in [0.25, 0.3) is 6.43 Å². The molecule has 6 nitrogen and oxygen atoms in total. The number of piperidine rings is 1. The van der Waals surface area contributed by atoms with Crippen molar-refractivity contribution in [3.63, 3.8) is 0 Å². The van der Waals surface area contributed by atoms with E-state index in [1.54, 1.807) is 6.92 Å². The highest BCUT2D eigenvalue weighted by Crippen LogP contribution is 2.32. The standard InChI is InChI=1S/C23H27F3N6/c1-13(17-5-4-6-18(20(17)24)22(25)26)29-23-19-11-16(12-28-21(19)14(2)30-31-23)32-9-7-15(27-3)8-10-32/h4-6,11-13,15,22,27H,7-10H2,1-3H3,(H,29,31)/t13-/m1/s1. The first-order chi connectivity index (χ1) is 15.4. The summed E-state index contributed by atoms with van der Waals surface area (Å²) in [5.41, 5.74) is 1.91. The molecule has 170 valence electrons. The van der Waals surface area contributed by atoms with Crippen molar-refractivity contribution in [1.82, 2.24) is 20.5 Å². The van der Waals surface area contributed by atoms with Crippen molar-refractivity contribution in [2.24, 2.45) is 0 Å². The van der Waals surface area contributed by atoms with E-state index in [2.05, 4.69) is 30.7 Å². The van der Waals surface area contributed by atoms with Crippen LogP contribution in [0, 0.1) is 12.7 Å². The van der Waals surface area contributed by atoms with Crippen LogP contribution in [-0.2, 0) is 0 Å². The highest BCUT2D eigenvalue weighted by atomic mass is 19.3. The number of nitrogens with one attached hydrogen (secondary N) is 2. The molecule has 3 aromatic rings. The Kier molecular flexibility index (Phi) is 6.45. The number of rotatable bonds is 6. The van der Waals surface area contributed by atoms with Crippen LogP contribution in [-0.4, -0.2) is 41.4 Å². The summed E-state index contributed by atoms with van der Waals surface area (Å²) < 4.78 is 40.9. The average Bonchev–Trinajstić information content (AvgIpc) is 2.80. The van der Waals surface area contributed by atoms with Gasteiger partial charge in [-0.05, 0) is 39.8 Å². The van der Waals surface area contributed by atoms with E-state index < -0.39 is 23.8 Å².